The molecule has 1 aromatic carbocycles. The molecular formula is C13H20N2O5S. The van der Waals surface area contributed by atoms with Gasteiger partial charge in [-0.15, -0.1) is 0 Å². The topological polar surface area (TPSA) is 108 Å². The summed E-state index contributed by atoms with van der Waals surface area (Å²) in [6.45, 7) is 2.29. The highest BCUT2D eigenvalue weighted by Gasteiger charge is 2.19. The number of nitrogens with two attached hydrogens (primary N) is 1. The number of benzene rings is 1. The first kappa shape index (κ1) is 17.4. The molecule has 0 saturated carbocycles. The molecule has 3 N–H and O–H groups in total. The Hall–Kier alpha value is -1.64. The van der Waals surface area contributed by atoms with Crippen molar-refractivity contribution in [1.29, 1.82) is 0 Å². The summed E-state index contributed by atoms with van der Waals surface area (Å²) >= 11 is 0. The minimum absolute atomic E-state index is 0.0954. The van der Waals surface area contributed by atoms with Gasteiger partial charge in [-0.05, 0) is 24.6 Å². The zero-order valence-electron chi connectivity index (χ0n) is 12.3. The maximum Gasteiger partial charge on any atom is 0.251 e. The minimum Gasteiger partial charge on any atom is -0.495 e. The van der Waals surface area contributed by atoms with Crippen LogP contribution in [0, 0.1) is 0 Å². The number of hydrogen-bond acceptors (Lipinski definition) is 5. The number of nitrogens with one attached hydrogen (secondary N) is 1. The van der Waals surface area contributed by atoms with Gasteiger partial charge in [-0.3, -0.25) is 4.79 Å². The molecule has 0 aliphatic heterocycles. The predicted molar refractivity (Wildman–Crippen MR) is 77.8 cm³/mol. The van der Waals surface area contributed by atoms with Crippen LogP contribution < -0.4 is 15.2 Å². The number of methoxy groups -OCH3 is 2. The zero-order chi connectivity index (χ0) is 16.0. The molecule has 7 nitrogen and oxygen atoms in total. The summed E-state index contributed by atoms with van der Waals surface area (Å²) in [7, 11) is -1.10. The third kappa shape index (κ3) is 4.69. The van der Waals surface area contributed by atoms with Gasteiger partial charge < -0.3 is 14.8 Å². The van der Waals surface area contributed by atoms with Crippen LogP contribution in [0.3, 0.4) is 0 Å². The van der Waals surface area contributed by atoms with Crippen LogP contribution in [0.15, 0.2) is 23.1 Å². The standard InChI is InChI=1S/C13H20N2O5S/c1-4-10(8-19-2)15-13(16)9-5-6-11(20-3)12(7-9)21(14,17)18/h5-7,10H,4,8H2,1-3H3,(H,15,16)(H2,14,17,18). The number of carbonyl (C=O) groups excluding carboxylic acids is 1. The van der Waals surface area contributed by atoms with Crippen molar-refractivity contribution in [3.8, 4) is 5.75 Å². The summed E-state index contributed by atoms with van der Waals surface area (Å²) in [5.74, 6) is -0.301. The van der Waals surface area contributed by atoms with Crippen LogP contribution in [0.4, 0.5) is 0 Å². The smallest absolute Gasteiger partial charge is 0.251 e. The third-order valence-corrected chi connectivity index (χ3v) is 3.86. The van der Waals surface area contributed by atoms with Gasteiger partial charge >= 0.3 is 0 Å². The van der Waals surface area contributed by atoms with E-state index in [9.17, 15) is 13.2 Å². The van der Waals surface area contributed by atoms with E-state index in [1.54, 1.807) is 7.11 Å². The maximum absolute atomic E-state index is 12.1. The van der Waals surface area contributed by atoms with Gasteiger partial charge in [0, 0.05) is 12.7 Å². The van der Waals surface area contributed by atoms with Gasteiger partial charge in [0.1, 0.15) is 10.6 Å². The van der Waals surface area contributed by atoms with Crippen molar-refractivity contribution in [1.82, 2.24) is 5.32 Å². The molecule has 1 amide bonds. The van der Waals surface area contributed by atoms with Gasteiger partial charge in [0.05, 0.1) is 19.8 Å². The molecule has 0 saturated heterocycles. The lowest BCUT2D eigenvalue weighted by Gasteiger charge is -2.16. The highest BCUT2D eigenvalue weighted by atomic mass is 32.2. The Morgan fingerprint density at radius 1 is 1.38 bits per heavy atom. The molecule has 1 unspecified atom stereocenters. The van der Waals surface area contributed by atoms with Crippen molar-refractivity contribution in [2.45, 2.75) is 24.3 Å². The normalized spacial score (nSPS) is 12.8. The number of carbonyl (C=O) groups is 1. The number of sulfonamides is 1. The molecule has 1 rings (SSSR count). The van der Waals surface area contributed by atoms with E-state index in [0.29, 0.717) is 13.0 Å². The van der Waals surface area contributed by atoms with Crippen molar-refractivity contribution in [3.05, 3.63) is 23.8 Å². The van der Waals surface area contributed by atoms with Crippen LogP contribution in [-0.2, 0) is 14.8 Å². The zero-order valence-corrected chi connectivity index (χ0v) is 13.1. The number of ether oxygens (including phenoxy) is 2. The first-order valence-corrected chi connectivity index (χ1v) is 7.88. The molecule has 1 atom stereocenters. The van der Waals surface area contributed by atoms with Crippen LogP contribution >= 0.6 is 0 Å². The van der Waals surface area contributed by atoms with E-state index in [-0.39, 0.29) is 22.3 Å². The first-order chi connectivity index (χ1) is 9.83. The maximum atomic E-state index is 12.1. The van der Waals surface area contributed by atoms with Gasteiger partial charge in [0.2, 0.25) is 10.0 Å². The second kappa shape index (κ2) is 7.39. The monoisotopic (exact) mass is 316 g/mol. The van der Waals surface area contributed by atoms with E-state index in [1.807, 2.05) is 6.92 Å². The van der Waals surface area contributed by atoms with Crippen LogP contribution in [0.25, 0.3) is 0 Å². The summed E-state index contributed by atoms with van der Waals surface area (Å²) in [5.41, 5.74) is 0.189. The van der Waals surface area contributed by atoms with Gasteiger partial charge in [-0.2, -0.15) is 0 Å². The van der Waals surface area contributed by atoms with Crippen LogP contribution in [-0.4, -0.2) is 41.2 Å². The van der Waals surface area contributed by atoms with E-state index in [4.69, 9.17) is 14.6 Å². The van der Waals surface area contributed by atoms with Crippen molar-refractivity contribution in [2.75, 3.05) is 20.8 Å². The van der Waals surface area contributed by atoms with E-state index in [1.165, 1.54) is 25.3 Å². The predicted octanol–water partition coefficient (Wildman–Crippen LogP) is 0.497. The lowest BCUT2D eigenvalue weighted by atomic mass is 10.1. The molecule has 1 aromatic rings. The summed E-state index contributed by atoms with van der Waals surface area (Å²) in [6.07, 6.45) is 0.692. The average molecular weight is 316 g/mol. The van der Waals surface area contributed by atoms with Crippen LogP contribution in [0.5, 0.6) is 5.75 Å². The lowest BCUT2D eigenvalue weighted by Crippen LogP contribution is -2.37. The minimum atomic E-state index is -3.98. The fourth-order valence-corrected chi connectivity index (χ4v) is 2.49. The molecule has 0 aromatic heterocycles. The molecule has 0 heterocycles. The molecule has 0 aliphatic carbocycles. The van der Waals surface area contributed by atoms with E-state index in [0.717, 1.165) is 0 Å². The average Bonchev–Trinajstić information content (AvgIpc) is 2.44. The fraction of sp³-hybridized carbons (Fsp3) is 0.462. The quantitative estimate of drug-likeness (QED) is 0.761. The largest absolute Gasteiger partial charge is 0.495 e. The Morgan fingerprint density at radius 2 is 2.05 bits per heavy atom. The first-order valence-electron chi connectivity index (χ1n) is 6.34. The summed E-state index contributed by atoms with van der Waals surface area (Å²) < 4.78 is 33.0. The summed E-state index contributed by atoms with van der Waals surface area (Å²) in [4.78, 5) is 11.9. The SMILES string of the molecule is CCC(COC)NC(=O)c1ccc(OC)c(S(N)(=O)=O)c1. The van der Waals surface area contributed by atoms with Crippen molar-refractivity contribution in [2.24, 2.45) is 5.14 Å². The van der Waals surface area contributed by atoms with Crippen molar-refractivity contribution in [3.63, 3.8) is 0 Å². The molecular weight excluding hydrogens is 296 g/mol. The van der Waals surface area contributed by atoms with Gasteiger partial charge in [0.15, 0.2) is 0 Å². The molecule has 118 valence electrons. The number of rotatable bonds is 7. The number of primary sulfonamides is 1. The fourth-order valence-electron chi connectivity index (χ4n) is 1.77. The van der Waals surface area contributed by atoms with Crippen molar-refractivity contribution >= 4 is 15.9 Å². The number of amides is 1. The Labute approximate surface area is 124 Å². The molecule has 8 heteroatoms. The van der Waals surface area contributed by atoms with Gasteiger partial charge in [0.25, 0.3) is 5.91 Å². The Morgan fingerprint density at radius 3 is 2.52 bits per heavy atom. The third-order valence-electron chi connectivity index (χ3n) is 2.93. The molecule has 0 aliphatic rings. The Kier molecular flexibility index (Phi) is 6.13. The van der Waals surface area contributed by atoms with E-state index in [2.05, 4.69) is 5.32 Å². The van der Waals surface area contributed by atoms with E-state index < -0.39 is 15.9 Å². The summed E-state index contributed by atoms with van der Waals surface area (Å²) in [5, 5.41) is 7.88. The Bertz CT molecular complexity index is 601. The molecule has 0 fully saturated rings. The molecule has 21 heavy (non-hydrogen) atoms. The number of hydrogen-bond donors (Lipinski definition) is 2. The highest BCUT2D eigenvalue weighted by Crippen LogP contribution is 2.23. The Balaban J connectivity index is 3.06. The van der Waals surface area contributed by atoms with Gasteiger partial charge in [-0.1, -0.05) is 6.92 Å². The summed E-state index contributed by atoms with van der Waals surface area (Å²) in [6, 6.07) is 3.92. The van der Waals surface area contributed by atoms with E-state index >= 15 is 0 Å². The van der Waals surface area contributed by atoms with Gasteiger partial charge in [-0.25, -0.2) is 13.6 Å². The second-order valence-corrected chi connectivity index (χ2v) is 5.97. The molecule has 0 spiro atoms. The molecule has 0 radical (unpaired) electrons. The second-order valence-electron chi connectivity index (χ2n) is 4.44. The lowest BCUT2D eigenvalue weighted by molar-refractivity contribution is 0.0894. The van der Waals surface area contributed by atoms with Crippen molar-refractivity contribution < 1.29 is 22.7 Å². The van der Waals surface area contributed by atoms with Crippen LogP contribution in [0.2, 0.25) is 0 Å². The molecule has 0 bridgehead atoms. The highest BCUT2D eigenvalue weighted by molar-refractivity contribution is 7.89. The van der Waals surface area contributed by atoms with Crippen LogP contribution in [0.1, 0.15) is 23.7 Å².